The number of rotatable bonds is 7. The molecule has 0 radical (unpaired) electrons. The number of hydrogen-bond acceptors (Lipinski definition) is 4. The minimum absolute atomic E-state index is 0.205. The van der Waals surface area contributed by atoms with Gasteiger partial charge >= 0.3 is 0 Å². The van der Waals surface area contributed by atoms with Gasteiger partial charge in [-0.2, -0.15) is 0 Å². The molecule has 0 fully saturated rings. The molecule has 5 nitrogen and oxygen atoms in total. The molecule has 0 atom stereocenters. The quantitative estimate of drug-likeness (QED) is 0.807. The van der Waals surface area contributed by atoms with Gasteiger partial charge in [0.15, 0.2) is 0 Å². The molecule has 0 aliphatic rings. The molecule has 2 rings (SSSR count). The zero-order valence-corrected chi connectivity index (χ0v) is 11.1. The Morgan fingerprint density at radius 1 is 1.25 bits per heavy atom. The van der Waals surface area contributed by atoms with Crippen LogP contribution in [0.2, 0.25) is 0 Å². The second kappa shape index (κ2) is 7.13. The lowest BCUT2D eigenvalue weighted by Gasteiger charge is -2.12. The van der Waals surface area contributed by atoms with E-state index < -0.39 is 0 Å². The second-order valence-corrected chi connectivity index (χ2v) is 4.28. The summed E-state index contributed by atoms with van der Waals surface area (Å²) in [6, 6.07) is 11.5. The predicted octanol–water partition coefficient (Wildman–Crippen LogP) is 1.95. The molecule has 0 spiro atoms. The number of aromatic nitrogens is 1. The van der Waals surface area contributed by atoms with Gasteiger partial charge in [0, 0.05) is 18.9 Å². The van der Waals surface area contributed by atoms with Crippen LogP contribution >= 0.6 is 0 Å². The molecule has 0 saturated carbocycles. The highest BCUT2D eigenvalue weighted by Crippen LogP contribution is 2.24. The van der Waals surface area contributed by atoms with Gasteiger partial charge in [0.25, 0.3) is 0 Å². The minimum atomic E-state index is -0.370. The lowest BCUT2D eigenvalue weighted by atomic mass is 10.2. The van der Waals surface area contributed by atoms with Gasteiger partial charge in [0.1, 0.15) is 5.75 Å². The summed E-state index contributed by atoms with van der Waals surface area (Å²) in [6.07, 6.45) is 3.75. The number of carbonyl (C=O) groups excluding carboxylic acids is 1. The van der Waals surface area contributed by atoms with Crippen LogP contribution in [-0.4, -0.2) is 17.5 Å². The van der Waals surface area contributed by atoms with E-state index in [9.17, 15) is 4.79 Å². The third-order valence-electron chi connectivity index (χ3n) is 2.70. The summed E-state index contributed by atoms with van der Waals surface area (Å²) in [5.74, 6) is 0.337. The van der Waals surface area contributed by atoms with E-state index in [1.54, 1.807) is 6.20 Å². The standard InChI is InChI=1S/C15H17N3O2/c16-15(19)7-9-20-14-6-2-1-5-13(14)18-11-12-4-3-8-17-10-12/h1-6,8,10,18H,7,9,11H2,(H2,16,19). The van der Waals surface area contributed by atoms with E-state index in [1.165, 1.54) is 0 Å². The Morgan fingerprint density at radius 3 is 2.85 bits per heavy atom. The fourth-order valence-corrected chi connectivity index (χ4v) is 1.70. The summed E-state index contributed by atoms with van der Waals surface area (Å²) in [4.78, 5) is 14.8. The lowest BCUT2D eigenvalue weighted by Crippen LogP contribution is -2.15. The Bertz CT molecular complexity index is 558. The molecule has 0 aliphatic heterocycles. The van der Waals surface area contributed by atoms with Crippen LogP contribution in [0.5, 0.6) is 5.75 Å². The molecule has 0 bridgehead atoms. The van der Waals surface area contributed by atoms with E-state index in [0.29, 0.717) is 12.3 Å². The number of nitrogens with zero attached hydrogens (tertiary/aromatic N) is 1. The van der Waals surface area contributed by atoms with Crippen LogP contribution in [0.4, 0.5) is 5.69 Å². The largest absolute Gasteiger partial charge is 0.491 e. The van der Waals surface area contributed by atoms with Crippen molar-refractivity contribution >= 4 is 11.6 Å². The third kappa shape index (κ3) is 4.28. The van der Waals surface area contributed by atoms with Gasteiger partial charge < -0.3 is 15.8 Å². The smallest absolute Gasteiger partial charge is 0.220 e. The monoisotopic (exact) mass is 271 g/mol. The molecule has 5 heteroatoms. The third-order valence-corrected chi connectivity index (χ3v) is 2.70. The Morgan fingerprint density at radius 2 is 2.10 bits per heavy atom. The Labute approximate surface area is 117 Å². The van der Waals surface area contributed by atoms with Gasteiger partial charge in [-0.25, -0.2) is 0 Å². The number of primary amides is 1. The highest BCUT2D eigenvalue weighted by Gasteiger charge is 2.03. The number of para-hydroxylation sites is 2. The number of ether oxygens (including phenoxy) is 1. The summed E-state index contributed by atoms with van der Waals surface area (Å²) >= 11 is 0. The van der Waals surface area contributed by atoms with Crippen molar-refractivity contribution in [2.24, 2.45) is 5.73 Å². The number of benzene rings is 1. The number of amides is 1. The van der Waals surface area contributed by atoms with Crippen LogP contribution in [0.25, 0.3) is 0 Å². The van der Waals surface area contributed by atoms with Crippen LogP contribution in [0.3, 0.4) is 0 Å². The highest BCUT2D eigenvalue weighted by molar-refractivity contribution is 5.73. The summed E-state index contributed by atoms with van der Waals surface area (Å²) in [5.41, 5.74) is 7.05. The second-order valence-electron chi connectivity index (χ2n) is 4.28. The van der Waals surface area contributed by atoms with Crippen molar-refractivity contribution < 1.29 is 9.53 Å². The average Bonchev–Trinajstić information content (AvgIpc) is 2.47. The maximum atomic E-state index is 10.7. The summed E-state index contributed by atoms with van der Waals surface area (Å²) in [5, 5.41) is 3.29. The van der Waals surface area contributed by atoms with Crippen molar-refractivity contribution in [1.29, 1.82) is 0 Å². The number of nitrogens with two attached hydrogens (primary N) is 1. The van der Waals surface area contributed by atoms with Crippen LogP contribution < -0.4 is 15.8 Å². The van der Waals surface area contributed by atoms with Crippen LogP contribution in [-0.2, 0) is 11.3 Å². The number of pyridine rings is 1. The molecule has 1 aromatic heterocycles. The topological polar surface area (TPSA) is 77.2 Å². The molecular formula is C15H17N3O2. The van der Waals surface area contributed by atoms with Gasteiger partial charge in [0.05, 0.1) is 18.7 Å². The maximum Gasteiger partial charge on any atom is 0.220 e. The van der Waals surface area contributed by atoms with Crippen molar-refractivity contribution in [1.82, 2.24) is 4.98 Å². The minimum Gasteiger partial charge on any atom is -0.491 e. The van der Waals surface area contributed by atoms with E-state index in [2.05, 4.69) is 10.3 Å². The molecule has 104 valence electrons. The van der Waals surface area contributed by atoms with Gasteiger partial charge in [-0.05, 0) is 23.8 Å². The SMILES string of the molecule is NC(=O)CCOc1ccccc1NCc1cccnc1. The molecule has 0 unspecified atom stereocenters. The predicted molar refractivity (Wildman–Crippen MR) is 77.3 cm³/mol. The molecule has 2 aromatic rings. The van der Waals surface area contributed by atoms with E-state index in [0.717, 1.165) is 11.3 Å². The highest BCUT2D eigenvalue weighted by atomic mass is 16.5. The first-order valence-electron chi connectivity index (χ1n) is 6.38. The fourth-order valence-electron chi connectivity index (χ4n) is 1.70. The van der Waals surface area contributed by atoms with Crippen molar-refractivity contribution in [3.05, 3.63) is 54.4 Å². The Balaban J connectivity index is 1.95. The van der Waals surface area contributed by atoms with Crippen molar-refractivity contribution in [3.8, 4) is 5.75 Å². The molecule has 20 heavy (non-hydrogen) atoms. The van der Waals surface area contributed by atoms with Gasteiger partial charge in [-0.1, -0.05) is 18.2 Å². The van der Waals surface area contributed by atoms with Gasteiger partial charge in [-0.15, -0.1) is 0 Å². The van der Waals surface area contributed by atoms with Crippen molar-refractivity contribution in [2.45, 2.75) is 13.0 Å². The van der Waals surface area contributed by atoms with Gasteiger partial charge in [-0.3, -0.25) is 9.78 Å². The summed E-state index contributed by atoms with van der Waals surface area (Å²) < 4.78 is 5.56. The van der Waals surface area contributed by atoms with E-state index in [4.69, 9.17) is 10.5 Å². The van der Waals surface area contributed by atoms with Crippen molar-refractivity contribution in [2.75, 3.05) is 11.9 Å². The number of hydrogen-bond donors (Lipinski definition) is 2. The fraction of sp³-hybridized carbons (Fsp3) is 0.200. The lowest BCUT2D eigenvalue weighted by molar-refractivity contribution is -0.118. The van der Waals surface area contributed by atoms with Crippen LogP contribution in [0.1, 0.15) is 12.0 Å². The summed E-state index contributed by atoms with van der Waals surface area (Å²) in [7, 11) is 0. The number of carbonyl (C=O) groups is 1. The summed E-state index contributed by atoms with van der Waals surface area (Å²) in [6.45, 7) is 0.935. The Hall–Kier alpha value is -2.56. The Kier molecular flexibility index (Phi) is 4.94. The molecule has 0 saturated heterocycles. The van der Waals surface area contributed by atoms with Crippen LogP contribution in [0, 0.1) is 0 Å². The van der Waals surface area contributed by atoms with Crippen LogP contribution in [0.15, 0.2) is 48.8 Å². The molecule has 3 N–H and O–H groups in total. The average molecular weight is 271 g/mol. The zero-order valence-electron chi connectivity index (χ0n) is 11.1. The normalized spacial score (nSPS) is 10.0. The maximum absolute atomic E-state index is 10.7. The molecule has 1 aromatic carbocycles. The van der Waals surface area contributed by atoms with Gasteiger partial charge in [0.2, 0.25) is 5.91 Å². The zero-order chi connectivity index (χ0) is 14.2. The first kappa shape index (κ1) is 13.9. The van der Waals surface area contributed by atoms with E-state index >= 15 is 0 Å². The number of nitrogens with one attached hydrogen (secondary N) is 1. The molecule has 1 heterocycles. The first-order chi connectivity index (χ1) is 9.75. The van der Waals surface area contributed by atoms with E-state index in [1.807, 2.05) is 42.6 Å². The first-order valence-corrected chi connectivity index (χ1v) is 6.38. The molecular weight excluding hydrogens is 254 g/mol. The molecule has 1 amide bonds. The van der Waals surface area contributed by atoms with E-state index in [-0.39, 0.29) is 18.9 Å². The molecule has 0 aliphatic carbocycles. The number of anilines is 1. The van der Waals surface area contributed by atoms with Crippen molar-refractivity contribution in [3.63, 3.8) is 0 Å².